The molecule has 2 aromatic heterocycles. The van der Waals surface area contributed by atoms with Crippen molar-refractivity contribution in [3.05, 3.63) is 64.6 Å². The first-order valence-corrected chi connectivity index (χ1v) is 10.6. The summed E-state index contributed by atoms with van der Waals surface area (Å²) in [5.41, 5.74) is 10.6. The second kappa shape index (κ2) is 9.47. The van der Waals surface area contributed by atoms with Crippen LogP contribution in [0.3, 0.4) is 0 Å². The molecule has 3 aromatic rings. The van der Waals surface area contributed by atoms with Crippen LogP contribution in [0.5, 0.6) is 0 Å². The highest BCUT2D eigenvalue weighted by Crippen LogP contribution is 2.34. The summed E-state index contributed by atoms with van der Waals surface area (Å²) >= 11 is 0. The van der Waals surface area contributed by atoms with E-state index in [1.54, 1.807) is 6.20 Å². The Hall–Kier alpha value is -3.16. The predicted octanol–water partition coefficient (Wildman–Crippen LogP) is 3.12. The molecule has 13 heteroatoms. The van der Waals surface area contributed by atoms with Crippen molar-refractivity contribution in [3.63, 3.8) is 0 Å². The molecular weight excluding hydrogens is 477 g/mol. The summed E-state index contributed by atoms with van der Waals surface area (Å²) in [4.78, 5) is 15.7. The molecule has 0 bridgehead atoms. The average Bonchev–Trinajstić information content (AvgIpc) is 3.35. The van der Waals surface area contributed by atoms with E-state index in [1.807, 2.05) is 17.5 Å². The minimum atomic E-state index is -5.08. The number of hydrogen-bond donors (Lipinski definition) is 2. The van der Waals surface area contributed by atoms with Gasteiger partial charge in [-0.05, 0) is 37.6 Å². The molecule has 1 saturated heterocycles. The van der Waals surface area contributed by atoms with Gasteiger partial charge in [-0.3, -0.25) is 4.90 Å². The van der Waals surface area contributed by atoms with Gasteiger partial charge in [0.15, 0.2) is 5.65 Å². The van der Waals surface area contributed by atoms with Crippen LogP contribution in [0.1, 0.15) is 35.0 Å². The van der Waals surface area contributed by atoms with E-state index in [0.717, 1.165) is 41.3 Å². The number of aryl methyl sites for hydroxylation is 1. The summed E-state index contributed by atoms with van der Waals surface area (Å²) in [5, 5.41) is 11.8. The molecule has 5 rings (SSSR count). The van der Waals surface area contributed by atoms with Gasteiger partial charge in [0.25, 0.3) is 0 Å². The van der Waals surface area contributed by atoms with Crippen LogP contribution in [-0.2, 0) is 22.6 Å². The van der Waals surface area contributed by atoms with Crippen LogP contribution in [0, 0.1) is 18.6 Å². The standard InChI is InChI=1S/C20H21F2N5O.C2HF3O2/c1-11-4-5-24-20-15-8-26(9-18(15)25-27(11)20)13-7-17(23)19(28-10-13)14-6-12(21)2-3-16(14)22;3-2(4,5)1(6)7/h2-6,13,17,19H,7-10,23H2,1H3;(H,6,7)/t13-,17+,19-;/m1./s1. The number of ether oxygens (including phenoxy) is 1. The fourth-order valence-electron chi connectivity index (χ4n) is 4.30. The van der Waals surface area contributed by atoms with Crippen molar-refractivity contribution in [2.75, 3.05) is 6.61 Å². The zero-order valence-corrected chi connectivity index (χ0v) is 18.5. The Kier molecular flexibility index (Phi) is 6.75. The van der Waals surface area contributed by atoms with E-state index in [1.165, 1.54) is 6.07 Å². The van der Waals surface area contributed by atoms with Crippen LogP contribution in [0.15, 0.2) is 30.5 Å². The van der Waals surface area contributed by atoms with Crippen molar-refractivity contribution >= 4 is 11.6 Å². The van der Waals surface area contributed by atoms with Crippen LogP contribution >= 0.6 is 0 Å². The second-order valence-electron chi connectivity index (χ2n) is 8.43. The predicted molar refractivity (Wildman–Crippen MR) is 112 cm³/mol. The Morgan fingerprint density at radius 3 is 2.60 bits per heavy atom. The Morgan fingerprint density at radius 1 is 1.23 bits per heavy atom. The van der Waals surface area contributed by atoms with Crippen molar-refractivity contribution in [2.24, 2.45) is 5.73 Å². The van der Waals surface area contributed by atoms with Crippen molar-refractivity contribution < 1.29 is 36.6 Å². The van der Waals surface area contributed by atoms with Gasteiger partial charge in [-0.2, -0.15) is 18.3 Å². The summed E-state index contributed by atoms with van der Waals surface area (Å²) in [7, 11) is 0. The van der Waals surface area contributed by atoms with E-state index in [9.17, 15) is 22.0 Å². The van der Waals surface area contributed by atoms with Gasteiger partial charge in [0.05, 0.1) is 12.3 Å². The van der Waals surface area contributed by atoms with Gasteiger partial charge in [-0.1, -0.05) is 0 Å². The minimum absolute atomic E-state index is 0.0990. The number of carbonyl (C=O) groups is 1. The van der Waals surface area contributed by atoms with Crippen molar-refractivity contribution in [1.82, 2.24) is 19.5 Å². The Morgan fingerprint density at radius 2 is 1.94 bits per heavy atom. The number of benzene rings is 1. The highest BCUT2D eigenvalue weighted by atomic mass is 19.4. The van der Waals surface area contributed by atoms with Crippen LogP contribution in [0.25, 0.3) is 5.65 Å². The molecular formula is C22H22F5N5O3. The van der Waals surface area contributed by atoms with E-state index in [0.29, 0.717) is 19.6 Å². The summed E-state index contributed by atoms with van der Waals surface area (Å²) in [6.07, 6.45) is -3.28. The number of fused-ring (bicyclic) bond motifs is 3. The molecule has 4 heterocycles. The van der Waals surface area contributed by atoms with Gasteiger partial charge in [-0.15, -0.1) is 0 Å². The molecule has 1 aromatic carbocycles. The number of nitrogens with zero attached hydrogens (tertiary/aromatic N) is 4. The van der Waals surface area contributed by atoms with Crippen LogP contribution in [0.2, 0.25) is 0 Å². The van der Waals surface area contributed by atoms with E-state index in [-0.39, 0.29) is 11.6 Å². The van der Waals surface area contributed by atoms with Gasteiger partial charge in [0, 0.05) is 48.2 Å². The maximum absolute atomic E-state index is 14.1. The average molecular weight is 499 g/mol. The van der Waals surface area contributed by atoms with E-state index >= 15 is 0 Å². The summed E-state index contributed by atoms with van der Waals surface area (Å²) in [5.74, 6) is -3.74. The molecule has 1 fully saturated rings. The van der Waals surface area contributed by atoms with E-state index in [4.69, 9.17) is 20.4 Å². The lowest BCUT2D eigenvalue weighted by Crippen LogP contribution is -2.47. The largest absolute Gasteiger partial charge is 0.490 e. The fourth-order valence-corrected chi connectivity index (χ4v) is 4.30. The first-order valence-electron chi connectivity index (χ1n) is 10.6. The number of hydrogen-bond acceptors (Lipinski definition) is 6. The SMILES string of the molecule is Cc1ccnc2c3c(nn12)CN([C@H]1CO[C@H](c2cc(F)ccc2F)[C@@H](N)C1)C3.O=C(O)C(F)(F)F. The van der Waals surface area contributed by atoms with Gasteiger partial charge in [0.2, 0.25) is 0 Å². The molecule has 0 saturated carbocycles. The fraction of sp³-hybridized carbons (Fsp3) is 0.409. The number of carboxylic acids is 1. The zero-order valence-electron chi connectivity index (χ0n) is 18.5. The molecule has 0 spiro atoms. The van der Waals surface area contributed by atoms with E-state index < -0.39 is 35.9 Å². The number of aliphatic carboxylic acids is 1. The third-order valence-electron chi connectivity index (χ3n) is 6.03. The molecule has 3 N–H and O–H groups in total. The monoisotopic (exact) mass is 499 g/mol. The molecule has 0 aliphatic carbocycles. The normalized spacial score (nSPS) is 22.5. The minimum Gasteiger partial charge on any atom is -0.475 e. The maximum atomic E-state index is 14.1. The molecule has 35 heavy (non-hydrogen) atoms. The number of rotatable bonds is 2. The topological polar surface area (TPSA) is 106 Å². The van der Waals surface area contributed by atoms with Crippen molar-refractivity contribution in [2.45, 2.75) is 50.8 Å². The molecule has 0 unspecified atom stereocenters. The highest BCUT2D eigenvalue weighted by molar-refractivity contribution is 5.73. The van der Waals surface area contributed by atoms with Crippen LogP contribution < -0.4 is 5.73 Å². The number of aromatic nitrogens is 3. The third kappa shape index (κ3) is 5.11. The molecule has 0 radical (unpaired) electrons. The quantitative estimate of drug-likeness (QED) is 0.522. The first-order chi connectivity index (χ1) is 16.5. The van der Waals surface area contributed by atoms with Crippen LogP contribution in [0.4, 0.5) is 22.0 Å². The van der Waals surface area contributed by atoms with Gasteiger partial charge in [-0.25, -0.2) is 23.1 Å². The maximum Gasteiger partial charge on any atom is 0.490 e. The van der Waals surface area contributed by atoms with Gasteiger partial charge in [0.1, 0.15) is 17.7 Å². The van der Waals surface area contributed by atoms with E-state index in [2.05, 4.69) is 15.0 Å². The second-order valence-corrected chi connectivity index (χ2v) is 8.43. The Labute approximate surface area is 196 Å². The lowest BCUT2D eigenvalue weighted by Gasteiger charge is -2.38. The van der Waals surface area contributed by atoms with Crippen LogP contribution in [-0.4, -0.2) is 55.4 Å². The molecule has 3 atom stereocenters. The zero-order chi connectivity index (χ0) is 25.5. The third-order valence-corrected chi connectivity index (χ3v) is 6.03. The van der Waals surface area contributed by atoms with Crippen molar-refractivity contribution in [3.8, 4) is 0 Å². The number of carboxylic acid groups (broad SMARTS) is 1. The lowest BCUT2D eigenvalue weighted by molar-refractivity contribution is -0.192. The molecule has 8 nitrogen and oxygen atoms in total. The smallest absolute Gasteiger partial charge is 0.475 e. The summed E-state index contributed by atoms with van der Waals surface area (Å²) in [6.45, 7) is 3.86. The molecule has 2 aliphatic rings. The molecule has 0 amide bonds. The van der Waals surface area contributed by atoms with Gasteiger partial charge < -0.3 is 15.6 Å². The Balaban J connectivity index is 0.000000364. The van der Waals surface area contributed by atoms with Crippen molar-refractivity contribution in [1.29, 1.82) is 0 Å². The number of alkyl halides is 3. The number of halogens is 5. The molecule has 2 aliphatic heterocycles. The van der Waals surface area contributed by atoms with Gasteiger partial charge >= 0.3 is 12.1 Å². The first kappa shape index (κ1) is 24.9. The summed E-state index contributed by atoms with van der Waals surface area (Å²) < 4.78 is 67.2. The lowest BCUT2D eigenvalue weighted by atomic mass is 9.93. The molecule has 188 valence electrons. The highest BCUT2D eigenvalue weighted by Gasteiger charge is 2.39. The Bertz CT molecular complexity index is 1250. The number of nitrogens with two attached hydrogens (primary N) is 1. The summed E-state index contributed by atoms with van der Waals surface area (Å²) in [6, 6.07) is 5.02.